The molecule has 0 saturated carbocycles. The Morgan fingerprint density at radius 2 is 2.00 bits per heavy atom. The van der Waals surface area contributed by atoms with Crippen LogP contribution in [0.2, 0.25) is 0 Å². The molecule has 5 heteroatoms. The summed E-state index contributed by atoms with van der Waals surface area (Å²) in [6.07, 6.45) is 4.36. The van der Waals surface area contributed by atoms with Gasteiger partial charge < -0.3 is 4.90 Å². The fourth-order valence-corrected chi connectivity index (χ4v) is 2.67. The molecule has 0 saturated heterocycles. The molecule has 2 rings (SSSR count). The first kappa shape index (κ1) is 13.7. The van der Waals surface area contributed by atoms with E-state index in [9.17, 15) is 4.79 Å². The van der Waals surface area contributed by atoms with E-state index in [1.54, 1.807) is 28.6 Å². The van der Waals surface area contributed by atoms with Gasteiger partial charge in [-0.15, -0.1) is 11.3 Å². The monoisotopic (exact) mass is 275 g/mol. The van der Waals surface area contributed by atoms with E-state index in [1.807, 2.05) is 33.0 Å². The van der Waals surface area contributed by atoms with Gasteiger partial charge in [0.25, 0.3) is 5.91 Å². The van der Waals surface area contributed by atoms with Crippen LogP contribution in [0.3, 0.4) is 0 Å². The maximum atomic E-state index is 12.3. The van der Waals surface area contributed by atoms with E-state index in [4.69, 9.17) is 0 Å². The fourth-order valence-electron chi connectivity index (χ4n) is 1.86. The van der Waals surface area contributed by atoms with Crippen molar-refractivity contribution in [2.75, 3.05) is 13.6 Å². The number of aromatic nitrogens is 2. The third kappa shape index (κ3) is 3.38. The van der Waals surface area contributed by atoms with Crippen molar-refractivity contribution < 1.29 is 4.79 Å². The topological polar surface area (TPSA) is 46.1 Å². The average molecular weight is 275 g/mol. The van der Waals surface area contributed by atoms with E-state index in [2.05, 4.69) is 9.97 Å². The van der Waals surface area contributed by atoms with Crippen molar-refractivity contribution in [2.24, 2.45) is 0 Å². The Kier molecular flexibility index (Phi) is 4.27. The quantitative estimate of drug-likeness (QED) is 0.861. The number of likely N-dealkylation sites (N-methyl/N-ethyl adjacent to an activating group) is 1. The third-order valence-electron chi connectivity index (χ3n) is 2.94. The zero-order valence-corrected chi connectivity index (χ0v) is 12.2. The summed E-state index contributed by atoms with van der Waals surface area (Å²) in [5.74, 6) is -0.00379. The van der Waals surface area contributed by atoms with Gasteiger partial charge in [0.05, 0.1) is 5.01 Å². The van der Waals surface area contributed by atoms with E-state index in [0.717, 1.165) is 16.3 Å². The summed E-state index contributed by atoms with van der Waals surface area (Å²) in [4.78, 5) is 23.3. The molecule has 0 aliphatic carbocycles. The van der Waals surface area contributed by atoms with Crippen molar-refractivity contribution in [3.63, 3.8) is 0 Å². The van der Waals surface area contributed by atoms with E-state index in [-0.39, 0.29) is 5.91 Å². The van der Waals surface area contributed by atoms with E-state index < -0.39 is 0 Å². The SMILES string of the molecule is Cc1nc(C(=O)N(C)CCc2ccncc2)c(C)s1. The largest absolute Gasteiger partial charge is 0.340 e. The second-order valence-electron chi connectivity index (χ2n) is 4.47. The molecule has 0 aromatic carbocycles. The number of hydrogen-bond donors (Lipinski definition) is 0. The van der Waals surface area contributed by atoms with E-state index >= 15 is 0 Å². The molecular weight excluding hydrogens is 258 g/mol. The number of pyridine rings is 1. The van der Waals surface area contributed by atoms with Gasteiger partial charge in [0, 0.05) is 30.9 Å². The van der Waals surface area contributed by atoms with Crippen molar-refractivity contribution in [1.29, 1.82) is 0 Å². The van der Waals surface area contributed by atoms with Gasteiger partial charge in [-0.25, -0.2) is 4.98 Å². The minimum Gasteiger partial charge on any atom is -0.340 e. The summed E-state index contributed by atoms with van der Waals surface area (Å²) in [5, 5.41) is 0.934. The molecule has 4 nitrogen and oxygen atoms in total. The lowest BCUT2D eigenvalue weighted by molar-refractivity contribution is 0.0791. The summed E-state index contributed by atoms with van der Waals surface area (Å²) < 4.78 is 0. The van der Waals surface area contributed by atoms with E-state index in [1.165, 1.54) is 5.56 Å². The molecule has 0 aliphatic rings. The molecule has 0 atom stereocenters. The number of amides is 1. The zero-order chi connectivity index (χ0) is 13.8. The van der Waals surface area contributed by atoms with Crippen LogP contribution >= 0.6 is 11.3 Å². The first-order valence-corrected chi connectivity index (χ1v) is 6.98. The highest BCUT2D eigenvalue weighted by Gasteiger charge is 2.17. The van der Waals surface area contributed by atoms with Gasteiger partial charge in [-0.2, -0.15) is 0 Å². The molecule has 19 heavy (non-hydrogen) atoms. The zero-order valence-electron chi connectivity index (χ0n) is 11.4. The van der Waals surface area contributed by atoms with Crippen LogP contribution in [0.1, 0.15) is 25.9 Å². The van der Waals surface area contributed by atoms with Gasteiger partial charge in [0.15, 0.2) is 0 Å². The van der Waals surface area contributed by atoms with Crippen LogP contribution in [0.15, 0.2) is 24.5 Å². The molecule has 2 aromatic rings. The molecule has 100 valence electrons. The van der Waals surface area contributed by atoms with Crippen LogP contribution < -0.4 is 0 Å². The van der Waals surface area contributed by atoms with E-state index in [0.29, 0.717) is 12.2 Å². The molecule has 0 aliphatic heterocycles. The molecule has 0 N–H and O–H groups in total. The number of carbonyl (C=O) groups is 1. The van der Waals surface area contributed by atoms with Gasteiger partial charge in [0.2, 0.25) is 0 Å². The Balaban J connectivity index is 1.98. The molecule has 0 bridgehead atoms. The molecule has 2 heterocycles. The summed E-state index contributed by atoms with van der Waals surface area (Å²) in [7, 11) is 1.82. The Bertz CT molecular complexity index is 565. The smallest absolute Gasteiger partial charge is 0.273 e. The molecular formula is C14H17N3OS. The van der Waals surface area contributed by atoms with Gasteiger partial charge in [-0.3, -0.25) is 9.78 Å². The standard InChI is InChI=1S/C14H17N3OS/c1-10-13(16-11(2)19-10)14(18)17(3)9-6-12-4-7-15-8-5-12/h4-5,7-8H,6,9H2,1-3H3. The second-order valence-corrected chi connectivity index (χ2v) is 5.88. The summed E-state index contributed by atoms with van der Waals surface area (Å²) in [5.41, 5.74) is 1.76. The van der Waals surface area contributed by atoms with Gasteiger partial charge in [-0.1, -0.05) is 0 Å². The van der Waals surface area contributed by atoms with Crippen molar-refractivity contribution in [3.05, 3.63) is 45.7 Å². The first-order valence-electron chi connectivity index (χ1n) is 6.16. The highest BCUT2D eigenvalue weighted by Crippen LogP contribution is 2.17. The molecule has 2 aromatic heterocycles. The molecule has 0 spiro atoms. The van der Waals surface area contributed by atoms with Gasteiger partial charge in [0.1, 0.15) is 5.69 Å². The van der Waals surface area contributed by atoms with Crippen LogP contribution in [0.5, 0.6) is 0 Å². The predicted molar refractivity (Wildman–Crippen MR) is 76.5 cm³/mol. The normalized spacial score (nSPS) is 10.5. The number of rotatable bonds is 4. The first-order chi connectivity index (χ1) is 9.08. The summed E-state index contributed by atoms with van der Waals surface area (Å²) >= 11 is 1.56. The van der Waals surface area contributed by atoms with Crippen LogP contribution in [-0.4, -0.2) is 34.4 Å². The fraction of sp³-hybridized carbons (Fsp3) is 0.357. The minimum absolute atomic E-state index is 0.00379. The predicted octanol–water partition coefficient (Wildman–Crippen LogP) is 2.47. The number of carbonyl (C=O) groups excluding carboxylic acids is 1. The lowest BCUT2D eigenvalue weighted by Crippen LogP contribution is -2.29. The Morgan fingerprint density at radius 3 is 2.58 bits per heavy atom. The Morgan fingerprint density at radius 1 is 1.32 bits per heavy atom. The number of nitrogens with zero attached hydrogens (tertiary/aromatic N) is 3. The van der Waals surface area contributed by atoms with Gasteiger partial charge in [-0.05, 0) is 38.0 Å². The minimum atomic E-state index is -0.00379. The Labute approximate surface area is 117 Å². The van der Waals surface area contributed by atoms with Crippen LogP contribution in [0.4, 0.5) is 0 Å². The maximum Gasteiger partial charge on any atom is 0.273 e. The molecule has 0 fully saturated rings. The average Bonchev–Trinajstić information content (AvgIpc) is 2.75. The van der Waals surface area contributed by atoms with Crippen molar-refractivity contribution in [1.82, 2.24) is 14.9 Å². The third-order valence-corrected chi connectivity index (χ3v) is 3.82. The van der Waals surface area contributed by atoms with Gasteiger partial charge >= 0.3 is 0 Å². The lowest BCUT2D eigenvalue weighted by Gasteiger charge is -2.16. The highest BCUT2D eigenvalue weighted by atomic mass is 32.1. The molecule has 0 radical (unpaired) electrons. The summed E-state index contributed by atoms with van der Waals surface area (Å²) in [6, 6.07) is 3.94. The molecule has 1 amide bonds. The second kappa shape index (κ2) is 5.93. The number of hydrogen-bond acceptors (Lipinski definition) is 4. The highest BCUT2D eigenvalue weighted by molar-refractivity contribution is 7.11. The lowest BCUT2D eigenvalue weighted by atomic mass is 10.2. The molecule has 0 unspecified atom stereocenters. The van der Waals surface area contributed by atoms with Crippen molar-refractivity contribution in [2.45, 2.75) is 20.3 Å². The van der Waals surface area contributed by atoms with Crippen LogP contribution in [0.25, 0.3) is 0 Å². The maximum absolute atomic E-state index is 12.3. The van der Waals surface area contributed by atoms with Crippen molar-refractivity contribution in [3.8, 4) is 0 Å². The number of thiazole rings is 1. The van der Waals surface area contributed by atoms with Crippen molar-refractivity contribution >= 4 is 17.2 Å². The van der Waals surface area contributed by atoms with Crippen LogP contribution in [0, 0.1) is 13.8 Å². The Hall–Kier alpha value is -1.75. The van der Waals surface area contributed by atoms with Crippen LogP contribution in [-0.2, 0) is 6.42 Å². The summed E-state index contributed by atoms with van der Waals surface area (Å²) in [6.45, 7) is 4.54. The number of aryl methyl sites for hydroxylation is 2.